The van der Waals surface area contributed by atoms with Crippen molar-refractivity contribution in [2.75, 3.05) is 9.80 Å². The van der Waals surface area contributed by atoms with E-state index in [9.17, 15) is 0 Å². The Hall–Kier alpha value is -9.38. The number of benzene rings is 11. The molecule has 15 aromatic rings. The lowest BCUT2D eigenvalue weighted by atomic mass is 9.89. The van der Waals surface area contributed by atoms with Gasteiger partial charge in [0.2, 0.25) is 0 Å². The maximum atomic E-state index is 2.64. The Labute approximate surface area is 442 Å². The normalized spacial score (nSPS) is 12.1. The zero-order valence-electron chi connectivity index (χ0n) is 43.6. The number of nitrogens with zero attached hydrogens (tertiary/aromatic N) is 4. The summed E-state index contributed by atoms with van der Waals surface area (Å²) < 4.78 is 5.27. The van der Waals surface area contributed by atoms with Gasteiger partial charge in [-0.1, -0.05) is 169 Å². The Morgan fingerprint density at radius 2 is 0.632 bits per heavy atom. The summed E-state index contributed by atoms with van der Waals surface area (Å²) in [5.74, 6) is 0. The average molecular weight is 975 g/mol. The highest BCUT2D eigenvalue weighted by Gasteiger charge is 2.32. The lowest BCUT2D eigenvalue weighted by Gasteiger charge is -2.28. The minimum absolute atomic E-state index is 1.14. The molecule has 11 aromatic carbocycles. The van der Waals surface area contributed by atoms with Gasteiger partial charge in [0.25, 0.3) is 0 Å². The lowest BCUT2D eigenvalue weighted by Crippen LogP contribution is -2.12. The van der Waals surface area contributed by atoms with Gasteiger partial charge in [-0.2, -0.15) is 0 Å². The number of para-hydroxylation sites is 2. The first-order valence-corrected chi connectivity index (χ1v) is 26.6. The third kappa shape index (κ3) is 6.25. The van der Waals surface area contributed by atoms with Crippen LogP contribution in [0.3, 0.4) is 0 Å². The van der Waals surface area contributed by atoms with Crippen molar-refractivity contribution in [3.8, 4) is 22.3 Å². The topological polar surface area (TPSA) is 15.3 Å². The summed E-state index contributed by atoms with van der Waals surface area (Å²) in [5, 5.41) is 9.96. The average Bonchev–Trinajstić information content (AvgIpc) is 3.99. The van der Waals surface area contributed by atoms with Crippen LogP contribution in [0.25, 0.3) is 98.4 Å². The highest BCUT2D eigenvalue weighted by atomic mass is 15.2. The Bertz CT molecular complexity index is 4480. The summed E-state index contributed by atoms with van der Waals surface area (Å²) in [5.41, 5.74) is 26.5. The first-order chi connectivity index (χ1) is 37.2. The van der Waals surface area contributed by atoms with Crippen LogP contribution in [0.1, 0.15) is 33.4 Å². The molecule has 0 saturated carbocycles. The molecular weight excluding hydrogens is 921 g/mol. The van der Waals surface area contributed by atoms with Crippen LogP contribution in [0.5, 0.6) is 0 Å². The second kappa shape index (κ2) is 16.6. The zero-order valence-corrected chi connectivity index (χ0v) is 43.6. The molecule has 0 spiro atoms. The predicted octanol–water partition coefficient (Wildman–Crippen LogP) is 20.1. The fraction of sp³-hybridized carbons (Fsp3) is 0.0833. The molecule has 0 unspecified atom stereocenters. The van der Waals surface area contributed by atoms with Gasteiger partial charge in [-0.05, 0) is 136 Å². The van der Waals surface area contributed by atoms with E-state index in [0.717, 1.165) is 22.7 Å². The third-order valence-corrected chi connectivity index (χ3v) is 16.4. The minimum Gasteiger partial charge on any atom is -0.310 e. The van der Waals surface area contributed by atoms with Crippen LogP contribution in [-0.4, -0.2) is 8.80 Å². The third-order valence-electron chi connectivity index (χ3n) is 16.4. The Kier molecular flexibility index (Phi) is 9.62. The van der Waals surface area contributed by atoms with Crippen LogP contribution in [0.15, 0.2) is 218 Å². The maximum Gasteiger partial charge on any atom is 0.0634 e. The van der Waals surface area contributed by atoms with Crippen molar-refractivity contribution in [3.05, 3.63) is 252 Å². The van der Waals surface area contributed by atoms with Crippen LogP contribution in [0, 0.1) is 41.5 Å². The molecule has 0 radical (unpaired) electrons. The summed E-state index contributed by atoms with van der Waals surface area (Å²) in [6.45, 7) is 13.2. The van der Waals surface area contributed by atoms with E-state index < -0.39 is 0 Å². The van der Waals surface area contributed by atoms with Gasteiger partial charge < -0.3 is 18.6 Å². The van der Waals surface area contributed by atoms with E-state index in [1.165, 1.54) is 143 Å². The number of aromatic nitrogens is 2. The van der Waals surface area contributed by atoms with Crippen molar-refractivity contribution < 1.29 is 0 Å². The maximum absolute atomic E-state index is 2.64. The smallest absolute Gasteiger partial charge is 0.0634 e. The summed E-state index contributed by atoms with van der Waals surface area (Å²) in [4.78, 5) is 4.99. The molecule has 15 rings (SSSR count). The fourth-order valence-corrected chi connectivity index (χ4v) is 13.0. The molecule has 0 fully saturated rings. The van der Waals surface area contributed by atoms with Gasteiger partial charge in [0.15, 0.2) is 0 Å². The number of rotatable bonds is 8. The van der Waals surface area contributed by atoms with Gasteiger partial charge in [0.1, 0.15) is 0 Å². The number of anilines is 6. The van der Waals surface area contributed by atoms with Gasteiger partial charge in [0.05, 0.1) is 44.5 Å². The van der Waals surface area contributed by atoms with Crippen LogP contribution >= 0.6 is 0 Å². The van der Waals surface area contributed by atoms with E-state index in [-0.39, 0.29) is 0 Å². The molecule has 0 amide bonds. The van der Waals surface area contributed by atoms with Crippen LogP contribution in [0.4, 0.5) is 34.1 Å². The summed E-state index contributed by atoms with van der Waals surface area (Å²) >= 11 is 0. The minimum atomic E-state index is 1.14. The Balaban J connectivity index is 1.14. The van der Waals surface area contributed by atoms with Crippen molar-refractivity contribution in [3.63, 3.8) is 0 Å². The van der Waals surface area contributed by atoms with E-state index in [2.05, 4.69) is 279 Å². The largest absolute Gasteiger partial charge is 0.310 e. The Morgan fingerprint density at radius 3 is 1.03 bits per heavy atom. The van der Waals surface area contributed by atoms with Crippen LogP contribution in [0.2, 0.25) is 0 Å². The van der Waals surface area contributed by atoms with Gasteiger partial charge >= 0.3 is 0 Å². The van der Waals surface area contributed by atoms with Crippen molar-refractivity contribution in [2.45, 2.75) is 41.5 Å². The standard InChI is InChI=1S/C72H54N4/c1-43-31-37-51(38-32-43)73(61-41-45(3)29-35-47(61)5)57-25-15-27-59-65(57)53-21-13-23-55-67-64(50-19-11-8-12-20-50)72-68(63(49-17-9-7-10-18-49)71(67)75(59)69(53)55)56-24-14-22-54-66-58(26-16-28-60(66)76(72)70(54)56)74(52-39-33-44(2)34-40-52)62-42-46(4)30-36-48(62)6/h7-42H,1-6H3. The summed E-state index contributed by atoms with van der Waals surface area (Å²) in [6, 6.07) is 82.1. The molecule has 4 heteroatoms. The molecule has 362 valence electrons. The van der Waals surface area contributed by atoms with Gasteiger partial charge in [-0.3, -0.25) is 0 Å². The second-order valence-electron chi connectivity index (χ2n) is 21.3. The molecule has 0 atom stereocenters. The van der Waals surface area contributed by atoms with Crippen LogP contribution in [-0.2, 0) is 0 Å². The molecule has 76 heavy (non-hydrogen) atoms. The molecule has 4 nitrogen and oxygen atoms in total. The molecule has 0 N–H and O–H groups in total. The highest BCUT2D eigenvalue weighted by molar-refractivity contribution is 6.39. The van der Waals surface area contributed by atoms with Gasteiger partial charge in [0, 0.05) is 77.0 Å². The quantitative estimate of drug-likeness (QED) is 0.151. The van der Waals surface area contributed by atoms with E-state index in [0.29, 0.717) is 0 Å². The first kappa shape index (κ1) is 44.1. The second-order valence-corrected chi connectivity index (χ2v) is 21.3. The molecule has 0 bridgehead atoms. The number of hydrogen-bond donors (Lipinski definition) is 0. The van der Waals surface area contributed by atoms with Gasteiger partial charge in [-0.25, -0.2) is 0 Å². The van der Waals surface area contributed by atoms with Crippen LogP contribution < -0.4 is 9.80 Å². The van der Waals surface area contributed by atoms with Crippen molar-refractivity contribution in [2.24, 2.45) is 0 Å². The monoisotopic (exact) mass is 974 g/mol. The molecule has 0 aliphatic rings. The van der Waals surface area contributed by atoms with Gasteiger partial charge in [-0.15, -0.1) is 0 Å². The van der Waals surface area contributed by atoms with E-state index in [4.69, 9.17) is 0 Å². The summed E-state index contributed by atoms with van der Waals surface area (Å²) in [6.07, 6.45) is 0. The predicted molar refractivity (Wildman–Crippen MR) is 324 cm³/mol. The van der Waals surface area contributed by atoms with Crippen molar-refractivity contribution in [1.29, 1.82) is 0 Å². The number of aryl methyl sites for hydroxylation is 6. The Morgan fingerprint density at radius 1 is 0.276 bits per heavy atom. The number of hydrogen-bond acceptors (Lipinski definition) is 2. The van der Waals surface area contributed by atoms with E-state index in [1.807, 2.05) is 0 Å². The van der Waals surface area contributed by atoms with Crippen molar-refractivity contribution in [1.82, 2.24) is 8.80 Å². The molecule has 0 saturated heterocycles. The molecule has 0 aliphatic carbocycles. The molecule has 4 aromatic heterocycles. The SMILES string of the molecule is Cc1ccc(N(c2cc(C)ccc2C)c2cccc3c2c2cccc4c5c(-c6ccccc6)c6c(c(-c7ccccc7)c5n3c24)c2cccc3c4c(N(c5ccc(C)cc5)c5cc(C)ccc5C)cccc4n6c32)cc1. The highest BCUT2D eigenvalue weighted by Crippen LogP contribution is 2.56. The molecular formula is C72H54N4. The molecule has 4 heterocycles. The van der Waals surface area contributed by atoms with Crippen molar-refractivity contribution >= 4 is 110 Å². The lowest BCUT2D eigenvalue weighted by molar-refractivity contribution is 1.24. The fourth-order valence-electron chi connectivity index (χ4n) is 13.0. The van der Waals surface area contributed by atoms with E-state index in [1.54, 1.807) is 0 Å². The summed E-state index contributed by atoms with van der Waals surface area (Å²) in [7, 11) is 0. The number of fused-ring (bicyclic) bond motifs is 12. The van der Waals surface area contributed by atoms with E-state index >= 15 is 0 Å². The zero-order chi connectivity index (χ0) is 51.1. The first-order valence-electron chi connectivity index (χ1n) is 26.6. The molecule has 0 aliphatic heterocycles.